The molecule has 59 heavy (non-hydrogen) atoms. The number of imidazole rings is 1. The van der Waals surface area contributed by atoms with Crippen LogP contribution in [-0.4, -0.2) is 14.1 Å². The van der Waals surface area contributed by atoms with Gasteiger partial charge in [-0.2, -0.15) is 18.2 Å². The zero-order valence-corrected chi connectivity index (χ0v) is 34.2. The van der Waals surface area contributed by atoms with E-state index in [1.54, 1.807) is 76.0 Å². The zero-order chi connectivity index (χ0) is 50.6. The maximum absolute atomic E-state index is 8.99. The molecular formula is C53H40N4OPt-2. The molecular weight excluding hydrogens is 904 g/mol. The largest absolute Gasteiger partial charge is 0.510 e. The average molecular weight is 957 g/mol. The van der Waals surface area contributed by atoms with E-state index < -0.39 is 72.7 Å². The Kier molecular flexibility index (Phi) is 6.68. The number of rotatable bonds is 7. The smallest absolute Gasteiger partial charge is 0.268 e. The molecule has 10 aromatic rings. The van der Waals surface area contributed by atoms with Crippen molar-refractivity contribution in [2.45, 2.75) is 33.0 Å². The van der Waals surface area contributed by atoms with Crippen molar-refractivity contribution in [2.24, 2.45) is 0 Å². The molecule has 0 aliphatic carbocycles. The van der Waals surface area contributed by atoms with Gasteiger partial charge in [0.25, 0.3) is 6.33 Å². The third-order valence-corrected chi connectivity index (χ3v) is 10.1. The van der Waals surface area contributed by atoms with Crippen LogP contribution in [0.2, 0.25) is 0 Å². The van der Waals surface area contributed by atoms with E-state index in [1.807, 2.05) is 67.8 Å². The summed E-state index contributed by atoms with van der Waals surface area (Å²) in [5.41, 5.74) is 3.08. The second kappa shape index (κ2) is 15.3. The summed E-state index contributed by atoms with van der Waals surface area (Å²) in [5, 5.41) is 1.67. The van der Waals surface area contributed by atoms with Crippen molar-refractivity contribution in [1.82, 2.24) is 14.1 Å². The third kappa shape index (κ3) is 6.76. The van der Waals surface area contributed by atoms with E-state index in [0.717, 1.165) is 16.3 Å². The molecule has 0 bridgehead atoms. The van der Waals surface area contributed by atoms with Crippen LogP contribution in [0.5, 0.6) is 11.5 Å². The fourth-order valence-electron chi connectivity index (χ4n) is 7.51. The SMILES string of the molecule is [2H]c1c([2H])c([2H])c(-c2cccc(-c3c([2H])c([2H])c([2H])c([2H])c3[2H])c2-[n+]2[c-]n(-c3[c-]c(Oc4[c-]c5c(cc4)c4ccccc4n5-c4nccc(C(C)(C)C)c4C([2H])([2H])[2H])ccc3)c3ccccc32)c([2H])c1[2H].[Pt]. The van der Waals surface area contributed by atoms with Gasteiger partial charge in [-0.15, -0.1) is 29.7 Å². The standard InChI is InChI=1S/C53H40N4O.Pt/c1-36-46(53(2,3)4)31-32-54-52(36)57-47-26-12-11-23-44(47)45-30-29-41(34-50(45)57)58-40-22-15-21-39(33-40)55-35-56(49-28-14-13-27-48(49)55)51-42(37-17-7-5-8-18-37)24-16-25-43(51)38-19-9-6-10-20-38;/h5-32H,1-4H3;/q-2;/i1D3,5D,6D,7D,8D,9D,10D,17D,18D,19D,20D;. The number of hydrogen-bond donors (Lipinski definition) is 0. The monoisotopic (exact) mass is 956 g/mol. The van der Waals surface area contributed by atoms with Crippen molar-refractivity contribution >= 4 is 32.8 Å². The van der Waals surface area contributed by atoms with Gasteiger partial charge in [-0.3, -0.25) is 4.57 Å². The summed E-state index contributed by atoms with van der Waals surface area (Å²) in [7, 11) is 0. The predicted molar refractivity (Wildman–Crippen MR) is 234 cm³/mol. The van der Waals surface area contributed by atoms with E-state index in [9.17, 15) is 0 Å². The fourth-order valence-corrected chi connectivity index (χ4v) is 7.51. The van der Waals surface area contributed by atoms with Crippen LogP contribution in [0.25, 0.3) is 72.3 Å². The van der Waals surface area contributed by atoms with Gasteiger partial charge in [0.1, 0.15) is 5.82 Å². The molecule has 0 fully saturated rings. The van der Waals surface area contributed by atoms with Crippen molar-refractivity contribution in [3.8, 4) is 50.9 Å². The molecule has 0 saturated carbocycles. The molecule has 0 spiro atoms. The number of benzene rings is 7. The number of hydrogen-bond acceptors (Lipinski definition) is 2. The number of aromatic nitrogens is 4. The summed E-state index contributed by atoms with van der Waals surface area (Å²) in [6.45, 7) is 3.40. The van der Waals surface area contributed by atoms with E-state index in [-0.39, 0.29) is 66.1 Å². The number of pyridine rings is 1. The molecule has 5 nitrogen and oxygen atoms in total. The van der Waals surface area contributed by atoms with E-state index in [2.05, 4.69) is 18.5 Å². The van der Waals surface area contributed by atoms with Gasteiger partial charge in [0.2, 0.25) is 0 Å². The van der Waals surface area contributed by atoms with Crippen molar-refractivity contribution in [3.05, 3.63) is 199 Å². The Morgan fingerprint density at radius 3 is 2.05 bits per heavy atom. The van der Waals surface area contributed by atoms with Crippen LogP contribution in [0.4, 0.5) is 0 Å². The Morgan fingerprint density at radius 2 is 1.34 bits per heavy atom. The molecule has 0 aliphatic rings. The minimum Gasteiger partial charge on any atom is -0.510 e. The van der Waals surface area contributed by atoms with Crippen LogP contribution < -0.4 is 9.30 Å². The summed E-state index contributed by atoms with van der Waals surface area (Å²) >= 11 is 0. The number of fused-ring (bicyclic) bond motifs is 4. The Hall–Kier alpha value is -6.55. The van der Waals surface area contributed by atoms with Gasteiger partial charge >= 0.3 is 0 Å². The number of ether oxygens (including phenoxy) is 1. The molecule has 3 aromatic heterocycles. The summed E-state index contributed by atoms with van der Waals surface area (Å²) in [6, 6.07) is 31.4. The summed E-state index contributed by atoms with van der Waals surface area (Å²) in [6.07, 6.45) is 4.99. The molecule has 290 valence electrons. The summed E-state index contributed by atoms with van der Waals surface area (Å²) < 4.78 is 124. The van der Waals surface area contributed by atoms with Crippen molar-refractivity contribution in [3.63, 3.8) is 0 Å². The van der Waals surface area contributed by atoms with Gasteiger partial charge in [0.15, 0.2) is 0 Å². The molecule has 6 heteroatoms. The van der Waals surface area contributed by atoms with Gasteiger partial charge < -0.3 is 13.9 Å². The van der Waals surface area contributed by atoms with Crippen molar-refractivity contribution in [1.29, 1.82) is 0 Å². The van der Waals surface area contributed by atoms with Crippen LogP contribution >= 0.6 is 0 Å². The van der Waals surface area contributed by atoms with E-state index in [0.29, 0.717) is 33.6 Å². The van der Waals surface area contributed by atoms with Crippen LogP contribution in [-0.2, 0) is 26.5 Å². The fraction of sp³-hybridized carbons (Fsp3) is 0.0943. The molecule has 0 radical (unpaired) electrons. The first-order valence-corrected chi connectivity index (χ1v) is 18.6. The van der Waals surface area contributed by atoms with E-state index in [1.165, 1.54) is 0 Å². The van der Waals surface area contributed by atoms with Crippen LogP contribution in [0.1, 0.15) is 49.7 Å². The zero-order valence-electron chi connectivity index (χ0n) is 44.9. The van der Waals surface area contributed by atoms with Gasteiger partial charge in [-0.05, 0) is 68.9 Å². The van der Waals surface area contributed by atoms with Crippen molar-refractivity contribution < 1.29 is 48.2 Å². The number of nitrogens with zero attached hydrogens (tertiary/aromatic N) is 4. The maximum Gasteiger partial charge on any atom is 0.268 e. The molecule has 0 saturated heterocycles. The molecule has 7 aromatic carbocycles. The Morgan fingerprint density at radius 1 is 0.678 bits per heavy atom. The maximum atomic E-state index is 8.99. The number of para-hydroxylation sites is 4. The van der Waals surface area contributed by atoms with Gasteiger partial charge in [0.05, 0.1) is 30.4 Å². The van der Waals surface area contributed by atoms with Crippen molar-refractivity contribution in [2.75, 3.05) is 0 Å². The normalized spacial score (nSPS) is 14.9. The minimum absolute atomic E-state index is 0. The molecule has 0 unspecified atom stereocenters. The predicted octanol–water partition coefficient (Wildman–Crippen LogP) is 12.5. The first-order valence-electron chi connectivity index (χ1n) is 25.1. The third-order valence-electron chi connectivity index (χ3n) is 10.1. The first-order chi connectivity index (χ1) is 33.7. The van der Waals surface area contributed by atoms with Crippen LogP contribution in [0.3, 0.4) is 0 Å². The molecule has 0 amide bonds. The quantitative estimate of drug-likeness (QED) is 0.118. The summed E-state index contributed by atoms with van der Waals surface area (Å²) in [5.74, 6) is 0.829. The van der Waals surface area contributed by atoms with E-state index >= 15 is 0 Å². The van der Waals surface area contributed by atoms with Gasteiger partial charge in [-0.25, -0.2) is 4.98 Å². The second-order valence-corrected chi connectivity index (χ2v) is 14.7. The van der Waals surface area contributed by atoms with Gasteiger partial charge in [-0.1, -0.05) is 147 Å². The first kappa shape index (κ1) is 25.7. The molecule has 0 atom stereocenters. The average Bonchev–Trinajstić information content (AvgIpc) is 3.89. The van der Waals surface area contributed by atoms with Gasteiger partial charge in [0, 0.05) is 48.4 Å². The molecule has 0 N–H and O–H groups in total. The summed E-state index contributed by atoms with van der Waals surface area (Å²) in [4.78, 5) is 4.70. The molecule has 10 rings (SSSR count). The Labute approximate surface area is 377 Å². The Balaban J connectivity index is 0.00000640. The van der Waals surface area contributed by atoms with Crippen LogP contribution in [0.15, 0.2) is 170 Å². The second-order valence-electron chi connectivity index (χ2n) is 14.7. The molecule has 3 heterocycles. The minimum atomic E-state index is -2.51. The van der Waals surface area contributed by atoms with E-state index in [4.69, 9.17) is 27.5 Å². The Bertz CT molecular complexity index is 3710. The topological polar surface area (TPSA) is 35.9 Å². The molecule has 0 aliphatic heterocycles. The van der Waals surface area contributed by atoms with Crippen LogP contribution in [0, 0.1) is 25.3 Å².